The van der Waals surface area contributed by atoms with Crippen LogP contribution < -0.4 is 10.1 Å². The van der Waals surface area contributed by atoms with Crippen LogP contribution >= 0.6 is 0 Å². The molecular weight excluding hydrogens is 316 g/mol. The van der Waals surface area contributed by atoms with Gasteiger partial charge in [0.05, 0.1) is 12.0 Å². The molecule has 6 nitrogen and oxygen atoms in total. The lowest BCUT2D eigenvalue weighted by Crippen LogP contribution is -2.22. The van der Waals surface area contributed by atoms with Gasteiger partial charge >= 0.3 is 0 Å². The van der Waals surface area contributed by atoms with Crippen LogP contribution in [0.4, 0.5) is 0 Å². The maximum Gasteiger partial charge on any atom is 0.226 e. The normalized spacial score (nSPS) is 14.2. The number of ether oxygens (including phenoxy) is 1. The fraction of sp³-hybridized carbons (Fsp3) is 0.211. The summed E-state index contributed by atoms with van der Waals surface area (Å²) in [6, 6.07) is 10.2. The van der Waals surface area contributed by atoms with Gasteiger partial charge in [-0.25, -0.2) is 9.97 Å². The summed E-state index contributed by atoms with van der Waals surface area (Å²) in [6.07, 6.45) is 6.26. The van der Waals surface area contributed by atoms with Crippen LogP contribution in [0.25, 0.3) is 16.7 Å². The van der Waals surface area contributed by atoms with Crippen LogP contribution in [-0.2, 0) is 11.2 Å². The molecule has 0 spiro atoms. The van der Waals surface area contributed by atoms with Gasteiger partial charge in [0.15, 0.2) is 5.78 Å². The minimum Gasteiger partial charge on any atom is -0.477 e. The van der Waals surface area contributed by atoms with Crippen LogP contribution in [0.15, 0.2) is 48.9 Å². The van der Waals surface area contributed by atoms with Gasteiger partial charge in [0.25, 0.3) is 0 Å². The van der Waals surface area contributed by atoms with Crippen molar-refractivity contribution in [1.82, 2.24) is 20.3 Å². The lowest BCUT2D eigenvalue weighted by atomic mass is 10.1. The Hall–Kier alpha value is -3.15. The molecule has 0 radical (unpaired) electrons. The number of nitrogens with zero attached hydrogens (tertiary/aromatic N) is 2. The van der Waals surface area contributed by atoms with Gasteiger partial charge in [0, 0.05) is 42.9 Å². The second-order valence-corrected chi connectivity index (χ2v) is 5.89. The smallest absolute Gasteiger partial charge is 0.226 e. The molecule has 1 aromatic carbocycles. The fourth-order valence-corrected chi connectivity index (χ4v) is 2.94. The minimum absolute atomic E-state index is 0.117. The lowest BCUT2D eigenvalue weighted by molar-refractivity contribution is -0.114. The van der Waals surface area contributed by atoms with E-state index in [0.29, 0.717) is 31.1 Å². The Morgan fingerprint density at radius 2 is 2.04 bits per heavy atom. The molecule has 0 aliphatic carbocycles. The summed E-state index contributed by atoms with van der Waals surface area (Å²) >= 11 is 0. The van der Waals surface area contributed by atoms with Crippen LogP contribution in [0, 0.1) is 0 Å². The van der Waals surface area contributed by atoms with Gasteiger partial charge in [-0.3, -0.25) is 4.79 Å². The molecule has 0 bridgehead atoms. The summed E-state index contributed by atoms with van der Waals surface area (Å²) in [4.78, 5) is 23.4. The van der Waals surface area contributed by atoms with Gasteiger partial charge in [-0.2, -0.15) is 0 Å². The molecular formula is C19H18N4O2. The van der Waals surface area contributed by atoms with E-state index in [4.69, 9.17) is 4.74 Å². The Bertz CT molecular complexity index is 931. The maximum atomic E-state index is 11.7. The molecule has 126 valence electrons. The molecule has 4 rings (SSSR count). The second kappa shape index (κ2) is 6.76. The SMILES string of the molecule is O=C1C=C(c2c[nH]c3ncnc(OCCc4ccccc4)c23)NCC1. The number of rotatable bonds is 5. The van der Waals surface area contributed by atoms with Gasteiger partial charge in [-0.1, -0.05) is 30.3 Å². The van der Waals surface area contributed by atoms with Crippen LogP contribution in [0.2, 0.25) is 0 Å². The monoisotopic (exact) mass is 334 g/mol. The minimum atomic E-state index is 0.117. The predicted molar refractivity (Wildman–Crippen MR) is 95.1 cm³/mol. The zero-order chi connectivity index (χ0) is 17.1. The summed E-state index contributed by atoms with van der Waals surface area (Å²) in [7, 11) is 0. The van der Waals surface area contributed by atoms with E-state index in [9.17, 15) is 4.79 Å². The molecule has 2 N–H and O–H groups in total. The third-order valence-electron chi connectivity index (χ3n) is 4.19. The molecule has 0 atom stereocenters. The maximum absolute atomic E-state index is 11.7. The van der Waals surface area contributed by atoms with Gasteiger partial charge < -0.3 is 15.0 Å². The van der Waals surface area contributed by atoms with E-state index in [1.165, 1.54) is 11.9 Å². The van der Waals surface area contributed by atoms with Crippen molar-refractivity contribution in [3.05, 3.63) is 60.1 Å². The largest absolute Gasteiger partial charge is 0.477 e. The van der Waals surface area contributed by atoms with Gasteiger partial charge in [-0.15, -0.1) is 0 Å². The highest BCUT2D eigenvalue weighted by Crippen LogP contribution is 2.30. The quantitative estimate of drug-likeness (QED) is 0.749. The molecule has 0 saturated heterocycles. The van der Waals surface area contributed by atoms with Crippen molar-refractivity contribution < 1.29 is 9.53 Å². The molecule has 3 aromatic rings. The summed E-state index contributed by atoms with van der Waals surface area (Å²) < 4.78 is 5.93. The topological polar surface area (TPSA) is 79.9 Å². The van der Waals surface area contributed by atoms with E-state index in [1.807, 2.05) is 24.4 Å². The van der Waals surface area contributed by atoms with E-state index < -0.39 is 0 Å². The Morgan fingerprint density at radius 3 is 2.88 bits per heavy atom. The Balaban J connectivity index is 1.60. The number of H-pyrrole nitrogens is 1. The second-order valence-electron chi connectivity index (χ2n) is 5.89. The lowest BCUT2D eigenvalue weighted by Gasteiger charge is -2.15. The van der Waals surface area contributed by atoms with Gasteiger partial charge in [0.1, 0.15) is 12.0 Å². The number of aromatic amines is 1. The fourth-order valence-electron chi connectivity index (χ4n) is 2.94. The van der Waals surface area contributed by atoms with Crippen LogP contribution in [0.1, 0.15) is 17.5 Å². The number of aromatic nitrogens is 3. The zero-order valence-electron chi connectivity index (χ0n) is 13.7. The Labute approximate surface area is 145 Å². The first kappa shape index (κ1) is 15.4. The van der Waals surface area contributed by atoms with Crippen molar-refractivity contribution in [3.63, 3.8) is 0 Å². The molecule has 0 amide bonds. The predicted octanol–water partition coefficient (Wildman–Crippen LogP) is 2.48. The number of carbonyl (C=O) groups is 1. The average molecular weight is 334 g/mol. The Kier molecular flexibility index (Phi) is 4.16. The molecule has 3 heterocycles. The number of nitrogens with one attached hydrogen (secondary N) is 2. The molecule has 1 aliphatic heterocycles. The van der Waals surface area contributed by atoms with Crippen molar-refractivity contribution in [2.45, 2.75) is 12.8 Å². The first-order chi connectivity index (χ1) is 12.3. The third kappa shape index (κ3) is 3.24. The van der Waals surface area contributed by atoms with Crippen molar-refractivity contribution in [2.75, 3.05) is 13.2 Å². The van der Waals surface area contributed by atoms with E-state index in [1.54, 1.807) is 6.08 Å². The molecule has 6 heteroatoms. The molecule has 0 saturated carbocycles. The molecule has 0 unspecified atom stereocenters. The number of allylic oxidation sites excluding steroid dienone is 1. The highest BCUT2D eigenvalue weighted by atomic mass is 16.5. The van der Waals surface area contributed by atoms with E-state index in [-0.39, 0.29) is 5.78 Å². The van der Waals surface area contributed by atoms with Crippen molar-refractivity contribution in [3.8, 4) is 5.88 Å². The Morgan fingerprint density at radius 1 is 1.16 bits per heavy atom. The first-order valence-electron chi connectivity index (χ1n) is 8.29. The van der Waals surface area contributed by atoms with E-state index in [0.717, 1.165) is 23.1 Å². The van der Waals surface area contributed by atoms with Crippen LogP contribution in [0.5, 0.6) is 5.88 Å². The molecule has 0 fully saturated rings. The zero-order valence-corrected chi connectivity index (χ0v) is 13.7. The van der Waals surface area contributed by atoms with Crippen molar-refractivity contribution in [1.29, 1.82) is 0 Å². The highest BCUT2D eigenvalue weighted by Gasteiger charge is 2.18. The molecule has 25 heavy (non-hydrogen) atoms. The summed E-state index contributed by atoms with van der Waals surface area (Å²) in [5, 5.41) is 4.06. The van der Waals surface area contributed by atoms with E-state index in [2.05, 4.69) is 32.4 Å². The van der Waals surface area contributed by atoms with E-state index >= 15 is 0 Å². The van der Waals surface area contributed by atoms with Crippen molar-refractivity contribution in [2.24, 2.45) is 0 Å². The average Bonchev–Trinajstić information content (AvgIpc) is 3.08. The van der Waals surface area contributed by atoms with Crippen LogP contribution in [0.3, 0.4) is 0 Å². The first-order valence-corrected chi connectivity index (χ1v) is 8.29. The molecule has 1 aliphatic rings. The van der Waals surface area contributed by atoms with Crippen molar-refractivity contribution >= 4 is 22.5 Å². The number of hydrogen-bond acceptors (Lipinski definition) is 5. The summed E-state index contributed by atoms with van der Waals surface area (Å²) in [6.45, 7) is 1.15. The third-order valence-corrected chi connectivity index (χ3v) is 4.19. The van der Waals surface area contributed by atoms with Gasteiger partial charge in [0.2, 0.25) is 5.88 Å². The molecule has 2 aromatic heterocycles. The highest BCUT2D eigenvalue weighted by molar-refractivity contribution is 6.02. The standard InChI is InChI=1S/C19H18N4O2/c24-14-6-8-20-16(10-14)15-11-21-18-17(15)19(23-12-22-18)25-9-7-13-4-2-1-3-5-13/h1-5,10-12,20H,6-9H2,(H,21,22,23). The summed E-state index contributed by atoms with van der Waals surface area (Å²) in [5.41, 5.74) is 3.55. The number of hydrogen-bond donors (Lipinski definition) is 2. The number of ketones is 1. The summed E-state index contributed by atoms with van der Waals surface area (Å²) in [5.74, 6) is 0.643. The number of fused-ring (bicyclic) bond motifs is 1. The number of benzene rings is 1. The van der Waals surface area contributed by atoms with Gasteiger partial charge in [-0.05, 0) is 5.56 Å². The van der Waals surface area contributed by atoms with Crippen LogP contribution in [-0.4, -0.2) is 33.9 Å². The number of carbonyl (C=O) groups excluding carboxylic acids is 1.